The van der Waals surface area contributed by atoms with E-state index in [1.165, 1.54) is 11.3 Å². The standard InChI is InChI=1S/C15H15Br2N3OS/c16-12-9-13(22-14(12)17)15(21)20-7-5-19(6-8-20)10-11-3-1-2-4-18-11/h1-4,9H,5-8,10H2. The van der Waals surface area contributed by atoms with Crippen molar-refractivity contribution in [2.75, 3.05) is 26.2 Å². The summed E-state index contributed by atoms with van der Waals surface area (Å²) in [5.74, 6) is 0.119. The Kier molecular flexibility index (Phi) is 5.28. The molecule has 0 spiro atoms. The number of pyridine rings is 1. The average molecular weight is 445 g/mol. The third kappa shape index (κ3) is 3.76. The molecule has 7 heteroatoms. The maximum atomic E-state index is 12.5. The zero-order valence-corrected chi connectivity index (χ0v) is 15.8. The van der Waals surface area contributed by atoms with Gasteiger partial charge in [-0.15, -0.1) is 11.3 Å². The molecule has 2 aromatic rings. The van der Waals surface area contributed by atoms with Crippen LogP contribution in [0.25, 0.3) is 0 Å². The summed E-state index contributed by atoms with van der Waals surface area (Å²) in [7, 11) is 0. The Balaban J connectivity index is 1.56. The van der Waals surface area contributed by atoms with Crippen molar-refractivity contribution in [3.63, 3.8) is 0 Å². The van der Waals surface area contributed by atoms with Gasteiger partial charge in [-0.3, -0.25) is 14.7 Å². The molecule has 4 nitrogen and oxygen atoms in total. The highest BCUT2D eigenvalue weighted by Gasteiger charge is 2.24. The van der Waals surface area contributed by atoms with Crippen molar-refractivity contribution in [2.45, 2.75) is 6.54 Å². The average Bonchev–Trinajstić information content (AvgIpc) is 2.88. The van der Waals surface area contributed by atoms with Crippen molar-refractivity contribution in [3.8, 4) is 0 Å². The van der Waals surface area contributed by atoms with E-state index in [2.05, 4.69) is 41.7 Å². The Morgan fingerprint density at radius 3 is 2.59 bits per heavy atom. The van der Waals surface area contributed by atoms with Gasteiger partial charge < -0.3 is 4.90 Å². The quantitative estimate of drug-likeness (QED) is 0.725. The normalized spacial score (nSPS) is 16.0. The highest BCUT2D eigenvalue weighted by atomic mass is 79.9. The number of carbonyl (C=O) groups excluding carboxylic acids is 1. The molecule has 0 atom stereocenters. The molecule has 1 fully saturated rings. The number of rotatable bonds is 3. The molecular formula is C15H15Br2N3OS. The molecule has 0 radical (unpaired) electrons. The van der Waals surface area contributed by atoms with E-state index in [-0.39, 0.29) is 5.91 Å². The molecule has 22 heavy (non-hydrogen) atoms. The zero-order chi connectivity index (χ0) is 15.5. The molecule has 3 heterocycles. The van der Waals surface area contributed by atoms with Crippen LogP contribution in [0.15, 0.2) is 38.7 Å². The number of carbonyl (C=O) groups is 1. The highest BCUT2D eigenvalue weighted by molar-refractivity contribution is 9.13. The van der Waals surface area contributed by atoms with Gasteiger partial charge >= 0.3 is 0 Å². The summed E-state index contributed by atoms with van der Waals surface area (Å²) in [5.41, 5.74) is 1.08. The molecule has 0 aliphatic carbocycles. The van der Waals surface area contributed by atoms with Crippen LogP contribution in [0.1, 0.15) is 15.4 Å². The first-order valence-corrected chi connectivity index (χ1v) is 9.40. The second-order valence-corrected chi connectivity index (χ2v) is 8.35. The number of aromatic nitrogens is 1. The summed E-state index contributed by atoms with van der Waals surface area (Å²) >= 11 is 8.35. The zero-order valence-electron chi connectivity index (χ0n) is 11.8. The predicted molar refractivity (Wildman–Crippen MR) is 95.1 cm³/mol. The summed E-state index contributed by atoms with van der Waals surface area (Å²) in [6.45, 7) is 4.14. The number of hydrogen-bond acceptors (Lipinski definition) is 4. The van der Waals surface area contributed by atoms with Crippen LogP contribution in [0.5, 0.6) is 0 Å². The largest absolute Gasteiger partial charge is 0.335 e. The second-order valence-electron chi connectivity index (χ2n) is 5.12. The summed E-state index contributed by atoms with van der Waals surface area (Å²) in [4.78, 5) is 21.9. The van der Waals surface area contributed by atoms with Crippen molar-refractivity contribution < 1.29 is 4.79 Å². The fraction of sp³-hybridized carbons (Fsp3) is 0.333. The molecule has 116 valence electrons. The maximum Gasteiger partial charge on any atom is 0.264 e. The van der Waals surface area contributed by atoms with Crippen molar-refractivity contribution in [2.24, 2.45) is 0 Å². The summed E-state index contributed by atoms with van der Waals surface area (Å²) in [5, 5.41) is 0. The fourth-order valence-corrected chi connectivity index (χ4v) is 4.44. The minimum atomic E-state index is 0.119. The van der Waals surface area contributed by atoms with Crippen LogP contribution in [0.4, 0.5) is 0 Å². The van der Waals surface area contributed by atoms with E-state index in [0.29, 0.717) is 0 Å². The predicted octanol–water partition coefficient (Wildman–Crippen LogP) is 3.63. The minimum Gasteiger partial charge on any atom is -0.335 e. The SMILES string of the molecule is O=C(c1cc(Br)c(Br)s1)N1CCN(Cc2ccccn2)CC1. The monoisotopic (exact) mass is 443 g/mol. The lowest BCUT2D eigenvalue weighted by atomic mass is 10.2. The Bertz CT molecular complexity index is 635. The smallest absolute Gasteiger partial charge is 0.264 e. The van der Waals surface area contributed by atoms with Crippen molar-refractivity contribution in [1.82, 2.24) is 14.8 Å². The minimum absolute atomic E-state index is 0.119. The second kappa shape index (κ2) is 7.21. The number of halogens is 2. The van der Waals surface area contributed by atoms with Gasteiger partial charge in [-0.25, -0.2) is 0 Å². The first-order chi connectivity index (χ1) is 10.6. The van der Waals surface area contributed by atoms with Crippen LogP contribution in [-0.2, 0) is 6.54 Å². The van der Waals surface area contributed by atoms with E-state index in [1.807, 2.05) is 35.4 Å². The first kappa shape index (κ1) is 16.1. The Hall–Kier alpha value is -0.760. The molecular weight excluding hydrogens is 430 g/mol. The Morgan fingerprint density at radius 2 is 2.00 bits per heavy atom. The van der Waals surface area contributed by atoms with E-state index < -0.39 is 0 Å². The molecule has 3 rings (SSSR count). The maximum absolute atomic E-state index is 12.5. The van der Waals surface area contributed by atoms with E-state index in [1.54, 1.807) is 0 Å². The molecule has 0 unspecified atom stereocenters. The van der Waals surface area contributed by atoms with Crippen LogP contribution in [0, 0.1) is 0 Å². The number of amides is 1. The number of nitrogens with zero attached hydrogens (tertiary/aromatic N) is 3. The first-order valence-electron chi connectivity index (χ1n) is 7.00. The molecule has 1 aliphatic rings. The highest BCUT2D eigenvalue weighted by Crippen LogP contribution is 2.33. The van der Waals surface area contributed by atoms with E-state index in [0.717, 1.165) is 51.6 Å². The van der Waals surface area contributed by atoms with Crippen molar-refractivity contribution in [3.05, 3.63) is 49.3 Å². The Labute approximate surface area is 150 Å². The molecule has 1 amide bonds. The van der Waals surface area contributed by atoms with E-state index in [4.69, 9.17) is 0 Å². The lowest BCUT2D eigenvalue weighted by Gasteiger charge is -2.34. The van der Waals surface area contributed by atoms with Crippen molar-refractivity contribution in [1.29, 1.82) is 0 Å². The van der Waals surface area contributed by atoms with Crippen LogP contribution < -0.4 is 0 Å². The van der Waals surface area contributed by atoms with Crippen molar-refractivity contribution >= 4 is 49.1 Å². The van der Waals surface area contributed by atoms with Gasteiger partial charge in [0.25, 0.3) is 5.91 Å². The van der Waals surface area contributed by atoms with Gasteiger partial charge in [0, 0.05) is 43.4 Å². The fourth-order valence-electron chi connectivity index (χ4n) is 2.44. The van der Waals surface area contributed by atoms with Gasteiger partial charge in [0.2, 0.25) is 0 Å². The van der Waals surface area contributed by atoms with Gasteiger partial charge in [-0.05, 0) is 50.1 Å². The van der Waals surface area contributed by atoms with Gasteiger partial charge in [0.1, 0.15) is 0 Å². The van der Waals surface area contributed by atoms with Gasteiger partial charge in [0.05, 0.1) is 14.4 Å². The van der Waals surface area contributed by atoms with Gasteiger partial charge in [-0.2, -0.15) is 0 Å². The van der Waals surface area contributed by atoms with E-state index >= 15 is 0 Å². The van der Waals surface area contributed by atoms with Gasteiger partial charge in [-0.1, -0.05) is 6.07 Å². The molecule has 1 aliphatic heterocycles. The third-order valence-corrected chi connectivity index (χ3v) is 6.87. The topological polar surface area (TPSA) is 36.4 Å². The molecule has 0 saturated carbocycles. The van der Waals surface area contributed by atoms with E-state index in [9.17, 15) is 4.79 Å². The number of hydrogen-bond donors (Lipinski definition) is 0. The lowest BCUT2D eigenvalue weighted by Crippen LogP contribution is -2.48. The molecule has 2 aromatic heterocycles. The number of piperazine rings is 1. The van der Waals surface area contributed by atoms with Crippen LogP contribution in [0.2, 0.25) is 0 Å². The molecule has 0 N–H and O–H groups in total. The van der Waals surface area contributed by atoms with Crippen LogP contribution >= 0.6 is 43.2 Å². The third-order valence-electron chi connectivity index (χ3n) is 3.63. The summed E-state index contributed by atoms with van der Waals surface area (Å²) in [6.07, 6.45) is 1.82. The Morgan fingerprint density at radius 1 is 1.23 bits per heavy atom. The summed E-state index contributed by atoms with van der Waals surface area (Å²) < 4.78 is 1.90. The summed E-state index contributed by atoms with van der Waals surface area (Å²) in [6, 6.07) is 7.86. The molecule has 0 bridgehead atoms. The number of thiophene rings is 1. The molecule has 1 saturated heterocycles. The lowest BCUT2D eigenvalue weighted by molar-refractivity contribution is 0.0632. The molecule has 0 aromatic carbocycles. The van der Waals surface area contributed by atoms with Gasteiger partial charge in [0.15, 0.2) is 0 Å². The van der Waals surface area contributed by atoms with Crippen LogP contribution in [-0.4, -0.2) is 46.9 Å². The van der Waals surface area contributed by atoms with Crippen LogP contribution in [0.3, 0.4) is 0 Å².